The molecule has 0 radical (unpaired) electrons. The van der Waals surface area contributed by atoms with Gasteiger partial charge in [0.15, 0.2) is 15.9 Å². The Labute approximate surface area is 170 Å². The van der Waals surface area contributed by atoms with E-state index in [1.54, 1.807) is 13.2 Å². The van der Waals surface area contributed by atoms with Crippen LogP contribution < -0.4 is 10.1 Å². The molecule has 1 atom stereocenters. The summed E-state index contributed by atoms with van der Waals surface area (Å²) in [4.78, 5) is 24.5. The van der Waals surface area contributed by atoms with Crippen LogP contribution in [0.25, 0.3) is 0 Å². The van der Waals surface area contributed by atoms with E-state index in [4.69, 9.17) is 9.47 Å². The van der Waals surface area contributed by atoms with Gasteiger partial charge in [0, 0.05) is 6.54 Å². The van der Waals surface area contributed by atoms with E-state index in [0.717, 1.165) is 11.3 Å². The summed E-state index contributed by atoms with van der Waals surface area (Å²) >= 11 is 0. The van der Waals surface area contributed by atoms with Crippen LogP contribution >= 0.6 is 0 Å². The highest BCUT2D eigenvalue weighted by Crippen LogP contribution is 2.18. The number of esters is 1. The Morgan fingerprint density at radius 2 is 1.72 bits per heavy atom. The minimum Gasteiger partial charge on any atom is -0.497 e. The maximum Gasteiger partial charge on any atom is 0.340 e. The Bertz CT molecular complexity index is 953. The molecule has 2 rings (SSSR count). The number of nitrogens with one attached hydrogen (secondary N) is 1. The van der Waals surface area contributed by atoms with Crippen molar-refractivity contribution in [1.29, 1.82) is 0 Å². The Kier molecular flexibility index (Phi) is 7.78. The van der Waals surface area contributed by atoms with Crippen LogP contribution in [-0.4, -0.2) is 45.8 Å². The molecule has 2 aromatic rings. The summed E-state index contributed by atoms with van der Waals surface area (Å²) in [7, 11) is -2.00. The molecule has 2 aromatic carbocycles. The molecule has 0 aliphatic heterocycles. The number of methoxy groups -OCH3 is 1. The zero-order valence-electron chi connectivity index (χ0n) is 16.7. The first-order valence-corrected chi connectivity index (χ1v) is 10.9. The highest BCUT2D eigenvalue weighted by atomic mass is 32.2. The summed E-state index contributed by atoms with van der Waals surface area (Å²) < 4.78 is 34.6. The highest BCUT2D eigenvalue weighted by Gasteiger charge is 2.24. The molecule has 0 saturated carbocycles. The number of carbonyl (C=O) groups is 2. The predicted octanol–water partition coefficient (Wildman–Crippen LogP) is 2.39. The number of rotatable bonds is 9. The summed E-state index contributed by atoms with van der Waals surface area (Å²) in [5, 5.41) is 2.71. The fraction of sp³-hybridized carbons (Fsp3) is 0.333. The first kappa shape index (κ1) is 22.4. The number of sulfone groups is 1. The summed E-state index contributed by atoms with van der Waals surface area (Å²) in [6.07, 6.45) is -0.454. The van der Waals surface area contributed by atoms with Crippen LogP contribution in [0, 0.1) is 0 Å². The minimum absolute atomic E-state index is 0.0766. The van der Waals surface area contributed by atoms with Crippen molar-refractivity contribution < 1.29 is 27.5 Å². The van der Waals surface area contributed by atoms with Gasteiger partial charge < -0.3 is 14.8 Å². The predicted molar refractivity (Wildman–Crippen MR) is 109 cm³/mol. The van der Waals surface area contributed by atoms with Crippen LogP contribution in [0.3, 0.4) is 0 Å². The van der Waals surface area contributed by atoms with E-state index >= 15 is 0 Å². The fourth-order valence-electron chi connectivity index (χ4n) is 2.61. The number of benzene rings is 2. The summed E-state index contributed by atoms with van der Waals surface area (Å²) in [5.41, 5.74) is 0.946. The second-order valence-corrected chi connectivity index (χ2v) is 8.58. The molecular weight excluding hydrogens is 394 g/mol. The van der Waals surface area contributed by atoms with Crippen molar-refractivity contribution >= 4 is 21.7 Å². The topological polar surface area (TPSA) is 98.8 Å². The van der Waals surface area contributed by atoms with Gasteiger partial charge >= 0.3 is 5.97 Å². The lowest BCUT2D eigenvalue weighted by molar-refractivity contribution is -0.129. The van der Waals surface area contributed by atoms with E-state index in [0.29, 0.717) is 13.0 Å². The lowest BCUT2D eigenvalue weighted by atomic mass is 10.1. The third kappa shape index (κ3) is 6.05. The molecule has 0 fully saturated rings. The Morgan fingerprint density at radius 3 is 2.34 bits per heavy atom. The molecule has 0 aliphatic carbocycles. The number of carbonyl (C=O) groups excluding carboxylic acids is 2. The maximum absolute atomic E-state index is 12.4. The third-order valence-corrected chi connectivity index (χ3v) is 6.13. The van der Waals surface area contributed by atoms with Crippen LogP contribution in [0.2, 0.25) is 0 Å². The molecule has 0 saturated heterocycles. The smallest absolute Gasteiger partial charge is 0.340 e. The van der Waals surface area contributed by atoms with E-state index < -0.39 is 27.8 Å². The standard InChI is InChI=1S/C21H25NO6S/c1-4-29(25,26)19-8-6-5-7-18(19)21(24)28-15(2)20(23)22-14-13-16-9-11-17(27-3)12-10-16/h5-12,15H,4,13-14H2,1-3H3,(H,22,23)/t15-/m1/s1. The maximum atomic E-state index is 12.4. The average Bonchev–Trinajstić information content (AvgIpc) is 2.74. The van der Waals surface area contributed by atoms with Gasteiger partial charge in [-0.3, -0.25) is 4.79 Å². The van der Waals surface area contributed by atoms with Gasteiger partial charge in [-0.05, 0) is 43.2 Å². The van der Waals surface area contributed by atoms with Gasteiger partial charge in [0.05, 0.1) is 23.3 Å². The summed E-state index contributed by atoms with van der Waals surface area (Å²) in [6.45, 7) is 3.31. The van der Waals surface area contributed by atoms with E-state index in [2.05, 4.69) is 5.32 Å². The monoisotopic (exact) mass is 419 g/mol. The quantitative estimate of drug-likeness (QED) is 0.627. The SMILES string of the molecule is CCS(=O)(=O)c1ccccc1C(=O)O[C@H](C)C(=O)NCCc1ccc(OC)cc1. The van der Waals surface area contributed by atoms with Crippen LogP contribution in [0.5, 0.6) is 5.75 Å². The normalized spacial score (nSPS) is 12.1. The second kappa shape index (κ2) is 10.1. The van der Waals surface area contributed by atoms with Gasteiger partial charge in [0.1, 0.15) is 5.75 Å². The molecule has 1 amide bonds. The van der Waals surface area contributed by atoms with Crippen LogP contribution in [0.1, 0.15) is 29.8 Å². The lowest BCUT2D eigenvalue weighted by Gasteiger charge is -2.15. The molecule has 0 bridgehead atoms. The molecular formula is C21H25NO6S. The van der Waals surface area contributed by atoms with Crippen LogP contribution in [-0.2, 0) is 25.8 Å². The highest BCUT2D eigenvalue weighted by molar-refractivity contribution is 7.91. The van der Waals surface area contributed by atoms with Gasteiger partial charge in [-0.2, -0.15) is 0 Å². The van der Waals surface area contributed by atoms with E-state index in [1.807, 2.05) is 24.3 Å². The fourth-order valence-corrected chi connectivity index (χ4v) is 3.69. The van der Waals surface area contributed by atoms with Crippen molar-refractivity contribution in [3.05, 3.63) is 59.7 Å². The molecule has 0 unspecified atom stereocenters. The van der Waals surface area contributed by atoms with Gasteiger partial charge in [0.2, 0.25) is 0 Å². The number of hydrogen-bond donors (Lipinski definition) is 1. The first-order valence-electron chi connectivity index (χ1n) is 9.22. The summed E-state index contributed by atoms with van der Waals surface area (Å²) in [6, 6.07) is 13.3. The third-order valence-electron chi connectivity index (χ3n) is 4.35. The Balaban J connectivity index is 1.93. The van der Waals surface area contributed by atoms with Crippen molar-refractivity contribution in [2.75, 3.05) is 19.4 Å². The average molecular weight is 419 g/mol. The van der Waals surface area contributed by atoms with Crippen molar-refractivity contribution in [3.8, 4) is 5.75 Å². The molecule has 0 spiro atoms. The van der Waals surface area contributed by atoms with E-state index in [9.17, 15) is 18.0 Å². The van der Waals surface area contributed by atoms with Crippen molar-refractivity contribution in [2.45, 2.75) is 31.3 Å². The van der Waals surface area contributed by atoms with Crippen molar-refractivity contribution in [2.24, 2.45) is 0 Å². The molecule has 7 nitrogen and oxygen atoms in total. The molecule has 0 aliphatic rings. The first-order chi connectivity index (χ1) is 13.8. The van der Waals surface area contributed by atoms with Gasteiger partial charge in [-0.1, -0.05) is 31.2 Å². The van der Waals surface area contributed by atoms with Crippen molar-refractivity contribution in [3.63, 3.8) is 0 Å². The zero-order valence-corrected chi connectivity index (χ0v) is 17.5. The molecule has 8 heteroatoms. The zero-order chi connectivity index (χ0) is 21.4. The molecule has 0 heterocycles. The Morgan fingerprint density at radius 1 is 1.07 bits per heavy atom. The summed E-state index contributed by atoms with van der Waals surface area (Å²) in [5.74, 6) is -0.694. The molecule has 1 N–H and O–H groups in total. The number of ether oxygens (including phenoxy) is 2. The molecule has 156 valence electrons. The largest absolute Gasteiger partial charge is 0.497 e. The number of hydrogen-bond acceptors (Lipinski definition) is 6. The second-order valence-electron chi connectivity index (χ2n) is 6.34. The van der Waals surface area contributed by atoms with Crippen LogP contribution in [0.15, 0.2) is 53.4 Å². The van der Waals surface area contributed by atoms with E-state index in [1.165, 1.54) is 32.0 Å². The Hall–Kier alpha value is -2.87. The van der Waals surface area contributed by atoms with Gasteiger partial charge in [0.25, 0.3) is 5.91 Å². The van der Waals surface area contributed by atoms with Gasteiger partial charge in [-0.25, -0.2) is 13.2 Å². The minimum atomic E-state index is -3.59. The van der Waals surface area contributed by atoms with Crippen LogP contribution in [0.4, 0.5) is 0 Å². The lowest BCUT2D eigenvalue weighted by Crippen LogP contribution is -2.37. The van der Waals surface area contributed by atoms with E-state index in [-0.39, 0.29) is 16.2 Å². The van der Waals surface area contributed by atoms with Crippen molar-refractivity contribution in [1.82, 2.24) is 5.32 Å². The molecule has 0 aromatic heterocycles. The molecule has 29 heavy (non-hydrogen) atoms. The number of amides is 1. The van der Waals surface area contributed by atoms with Gasteiger partial charge in [-0.15, -0.1) is 0 Å².